The fraction of sp³-hybridized carbons (Fsp3) is 0.348. The molecule has 5 nitrogen and oxygen atoms in total. The lowest BCUT2D eigenvalue weighted by Gasteiger charge is -2.30. The number of aromatic hydroxyl groups is 1. The Morgan fingerprint density at radius 1 is 1.14 bits per heavy atom. The van der Waals surface area contributed by atoms with Crippen LogP contribution >= 0.6 is 0 Å². The van der Waals surface area contributed by atoms with Crippen molar-refractivity contribution in [2.24, 2.45) is 0 Å². The lowest BCUT2D eigenvalue weighted by Crippen LogP contribution is -2.35. The highest BCUT2D eigenvalue weighted by Crippen LogP contribution is 2.35. The van der Waals surface area contributed by atoms with Crippen molar-refractivity contribution < 1.29 is 5.11 Å². The van der Waals surface area contributed by atoms with Gasteiger partial charge in [0.1, 0.15) is 11.6 Å². The number of fused-ring (bicyclic) bond motifs is 1. The van der Waals surface area contributed by atoms with Gasteiger partial charge in [0.25, 0.3) is 0 Å². The first-order valence-corrected chi connectivity index (χ1v) is 9.88. The van der Waals surface area contributed by atoms with Crippen LogP contribution in [0.15, 0.2) is 42.5 Å². The first kappa shape index (κ1) is 18.2. The summed E-state index contributed by atoms with van der Waals surface area (Å²) in [6, 6.07) is 16.0. The molecule has 0 radical (unpaired) electrons. The van der Waals surface area contributed by atoms with Crippen molar-refractivity contribution in [3.05, 3.63) is 48.0 Å². The zero-order valence-electron chi connectivity index (χ0n) is 16.1. The minimum Gasteiger partial charge on any atom is -0.507 e. The summed E-state index contributed by atoms with van der Waals surface area (Å²) in [7, 11) is 0. The molecule has 0 aliphatic heterocycles. The SMILES string of the molecule is Cc1ccc2c(N(CCC#N)C3CCCC3)nc(-c3ccccc3O)nc2c1. The molecule has 0 unspecified atom stereocenters. The number of hydrogen-bond donors (Lipinski definition) is 1. The zero-order chi connectivity index (χ0) is 19.5. The molecule has 0 amide bonds. The summed E-state index contributed by atoms with van der Waals surface area (Å²) in [5.41, 5.74) is 2.62. The van der Waals surface area contributed by atoms with Crippen LogP contribution in [-0.2, 0) is 0 Å². The molecule has 4 rings (SSSR count). The van der Waals surface area contributed by atoms with Gasteiger partial charge >= 0.3 is 0 Å². The molecule has 28 heavy (non-hydrogen) atoms. The molecular weight excluding hydrogens is 348 g/mol. The predicted octanol–water partition coefficient (Wildman–Crippen LogP) is 4.97. The summed E-state index contributed by atoms with van der Waals surface area (Å²) < 4.78 is 0. The number of nitrogens with zero attached hydrogens (tertiary/aromatic N) is 4. The monoisotopic (exact) mass is 372 g/mol. The fourth-order valence-corrected chi connectivity index (χ4v) is 4.07. The third kappa shape index (κ3) is 3.50. The molecule has 1 fully saturated rings. The molecule has 0 saturated heterocycles. The maximum Gasteiger partial charge on any atom is 0.165 e. The minimum atomic E-state index is 0.171. The van der Waals surface area contributed by atoms with Crippen molar-refractivity contribution >= 4 is 16.7 Å². The van der Waals surface area contributed by atoms with E-state index in [-0.39, 0.29) is 5.75 Å². The second kappa shape index (κ2) is 7.85. The Morgan fingerprint density at radius 2 is 1.93 bits per heavy atom. The summed E-state index contributed by atoms with van der Waals surface area (Å²) in [6.45, 7) is 2.70. The van der Waals surface area contributed by atoms with E-state index in [2.05, 4.69) is 29.2 Å². The quantitative estimate of drug-likeness (QED) is 0.684. The van der Waals surface area contributed by atoms with Crippen LogP contribution in [0.4, 0.5) is 5.82 Å². The molecule has 1 aliphatic rings. The molecule has 0 atom stereocenters. The average molecular weight is 372 g/mol. The Hall–Kier alpha value is -3.13. The van der Waals surface area contributed by atoms with Crippen molar-refractivity contribution in [3.8, 4) is 23.2 Å². The van der Waals surface area contributed by atoms with E-state index in [0.29, 0.717) is 30.4 Å². The molecular formula is C23H24N4O. The average Bonchev–Trinajstić information content (AvgIpc) is 3.22. The van der Waals surface area contributed by atoms with E-state index >= 15 is 0 Å². The highest BCUT2D eigenvalue weighted by Gasteiger charge is 2.26. The zero-order valence-corrected chi connectivity index (χ0v) is 16.1. The summed E-state index contributed by atoms with van der Waals surface area (Å²) in [6.07, 6.45) is 5.12. The Bertz CT molecular complexity index is 1030. The molecule has 0 spiro atoms. The Labute approximate surface area is 165 Å². The van der Waals surface area contributed by atoms with Crippen LogP contribution in [-0.4, -0.2) is 27.7 Å². The molecule has 1 N–H and O–H groups in total. The number of para-hydroxylation sites is 1. The second-order valence-electron chi connectivity index (χ2n) is 7.45. The number of rotatable bonds is 5. The third-order valence-corrected chi connectivity index (χ3v) is 5.48. The molecule has 1 saturated carbocycles. The number of aromatic nitrogens is 2. The summed E-state index contributed by atoms with van der Waals surface area (Å²) in [4.78, 5) is 11.9. The summed E-state index contributed by atoms with van der Waals surface area (Å²) >= 11 is 0. The Balaban J connectivity index is 1.92. The number of hydrogen-bond acceptors (Lipinski definition) is 5. The predicted molar refractivity (Wildman–Crippen MR) is 111 cm³/mol. The minimum absolute atomic E-state index is 0.171. The number of benzene rings is 2. The number of nitriles is 1. The van der Waals surface area contributed by atoms with Crippen LogP contribution < -0.4 is 4.90 Å². The van der Waals surface area contributed by atoms with Gasteiger partial charge in [-0.1, -0.05) is 31.0 Å². The summed E-state index contributed by atoms with van der Waals surface area (Å²) in [5.74, 6) is 1.56. The van der Waals surface area contributed by atoms with E-state index in [4.69, 9.17) is 9.97 Å². The van der Waals surface area contributed by atoms with Gasteiger partial charge in [-0.15, -0.1) is 0 Å². The Kier molecular flexibility index (Phi) is 5.12. The molecule has 2 aromatic carbocycles. The van der Waals surface area contributed by atoms with E-state index in [0.717, 1.165) is 35.1 Å². The van der Waals surface area contributed by atoms with Gasteiger partial charge in [0.2, 0.25) is 0 Å². The largest absolute Gasteiger partial charge is 0.507 e. The van der Waals surface area contributed by atoms with Gasteiger partial charge in [-0.2, -0.15) is 5.26 Å². The van der Waals surface area contributed by atoms with Gasteiger partial charge in [0.15, 0.2) is 5.82 Å². The molecule has 0 bridgehead atoms. The number of phenols is 1. The maximum absolute atomic E-state index is 10.3. The highest BCUT2D eigenvalue weighted by atomic mass is 16.3. The molecule has 1 aliphatic carbocycles. The van der Waals surface area contributed by atoms with E-state index < -0.39 is 0 Å². The van der Waals surface area contributed by atoms with E-state index in [1.165, 1.54) is 12.8 Å². The lowest BCUT2D eigenvalue weighted by atomic mass is 10.1. The Morgan fingerprint density at radius 3 is 2.68 bits per heavy atom. The van der Waals surface area contributed by atoms with Gasteiger partial charge in [-0.05, 0) is 49.6 Å². The van der Waals surface area contributed by atoms with Gasteiger partial charge in [0.05, 0.1) is 23.6 Å². The number of anilines is 1. The highest BCUT2D eigenvalue weighted by molar-refractivity contribution is 5.92. The molecule has 1 aromatic heterocycles. The van der Waals surface area contributed by atoms with Crippen LogP contribution in [0.3, 0.4) is 0 Å². The van der Waals surface area contributed by atoms with Crippen molar-refractivity contribution in [1.82, 2.24) is 9.97 Å². The van der Waals surface area contributed by atoms with Crippen LogP contribution in [0.1, 0.15) is 37.7 Å². The van der Waals surface area contributed by atoms with Crippen LogP contribution in [0.2, 0.25) is 0 Å². The number of phenolic OH excluding ortho intramolecular Hbond substituents is 1. The number of aryl methyl sites for hydroxylation is 1. The third-order valence-electron chi connectivity index (χ3n) is 5.48. The van der Waals surface area contributed by atoms with Gasteiger partial charge < -0.3 is 10.0 Å². The lowest BCUT2D eigenvalue weighted by molar-refractivity contribution is 0.477. The first-order chi connectivity index (χ1) is 13.7. The molecule has 1 heterocycles. The van der Waals surface area contributed by atoms with Crippen molar-refractivity contribution in [2.45, 2.75) is 45.1 Å². The standard InChI is InChI=1S/C23H24N4O/c1-16-11-12-18-20(15-16)25-22(19-9-4-5-10-21(19)28)26-23(18)27(14-6-13-24)17-7-2-3-8-17/h4-5,9-12,15,17,28H,2-3,6-8,14H2,1H3. The van der Waals surface area contributed by atoms with Crippen LogP contribution in [0.5, 0.6) is 5.75 Å². The topological polar surface area (TPSA) is 73.0 Å². The molecule has 142 valence electrons. The van der Waals surface area contributed by atoms with Gasteiger partial charge in [-0.25, -0.2) is 9.97 Å². The normalized spacial score (nSPS) is 14.3. The van der Waals surface area contributed by atoms with Crippen molar-refractivity contribution in [3.63, 3.8) is 0 Å². The maximum atomic E-state index is 10.3. The van der Waals surface area contributed by atoms with E-state index in [1.807, 2.05) is 19.1 Å². The smallest absolute Gasteiger partial charge is 0.165 e. The van der Waals surface area contributed by atoms with E-state index in [9.17, 15) is 10.4 Å². The summed E-state index contributed by atoms with van der Waals surface area (Å²) in [5, 5.41) is 20.5. The fourth-order valence-electron chi connectivity index (χ4n) is 4.07. The second-order valence-corrected chi connectivity index (χ2v) is 7.45. The van der Waals surface area contributed by atoms with Crippen molar-refractivity contribution in [2.75, 3.05) is 11.4 Å². The van der Waals surface area contributed by atoms with Gasteiger partial charge in [-0.3, -0.25) is 0 Å². The first-order valence-electron chi connectivity index (χ1n) is 9.88. The van der Waals surface area contributed by atoms with Crippen LogP contribution in [0.25, 0.3) is 22.3 Å². The molecule has 5 heteroatoms. The van der Waals surface area contributed by atoms with E-state index in [1.54, 1.807) is 12.1 Å². The van der Waals surface area contributed by atoms with Gasteiger partial charge in [0, 0.05) is 18.0 Å². The molecule has 3 aromatic rings. The van der Waals surface area contributed by atoms with Crippen LogP contribution in [0, 0.1) is 18.3 Å². The van der Waals surface area contributed by atoms with Crippen molar-refractivity contribution in [1.29, 1.82) is 5.26 Å².